The summed E-state index contributed by atoms with van der Waals surface area (Å²) in [6.07, 6.45) is 5.29. The Balaban J connectivity index is 2.27. The smallest absolute Gasteiger partial charge is 0.0705 e. The van der Waals surface area contributed by atoms with Crippen LogP contribution in [0.3, 0.4) is 0 Å². The van der Waals surface area contributed by atoms with Crippen LogP contribution in [0.2, 0.25) is 0 Å². The van der Waals surface area contributed by atoms with E-state index in [1.807, 2.05) is 0 Å². The predicted octanol–water partition coefficient (Wildman–Crippen LogP) is 1.86. The summed E-state index contributed by atoms with van der Waals surface area (Å²) in [5.74, 6) is 0. The normalized spacial score (nSPS) is 24.0. The van der Waals surface area contributed by atoms with E-state index in [9.17, 15) is 0 Å². The van der Waals surface area contributed by atoms with E-state index in [1.54, 1.807) is 7.11 Å². The number of nitrogens with two attached hydrogens (primary N) is 1. The quantitative estimate of drug-likeness (QED) is 0.780. The lowest BCUT2D eigenvalue weighted by Crippen LogP contribution is -2.32. The maximum absolute atomic E-state index is 5.63. The van der Waals surface area contributed by atoms with Crippen molar-refractivity contribution in [2.24, 2.45) is 11.1 Å². The lowest BCUT2D eigenvalue weighted by Gasteiger charge is -2.24. The molecule has 0 radical (unpaired) electrons. The first-order valence-electron chi connectivity index (χ1n) is 6.52. The van der Waals surface area contributed by atoms with Gasteiger partial charge in [-0.25, -0.2) is 0 Å². The van der Waals surface area contributed by atoms with E-state index in [1.165, 1.54) is 32.4 Å². The van der Waals surface area contributed by atoms with Crippen molar-refractivity contribution < 1.29 is 4.74 Å². The van der Waals surface area contributed by atoms with Crippen molar-refractivity contribution in [1.29, 1.82) is 0 Å². The highest BCUT2D eigenvalue weighted by molar-refractivity contribution is 4.76. The SMILES string of the molecule is COC(CN)CCN1CCCC(C)(C)CC1. The van der Waals surface area contributed by atoms with Crippen molar-refractivity contribution in [2.75, 3.05) is 33.3 Å². The topological polar surface area (TPSA) is 38.5 Å². The first-order chi connectivity index (χ1) is 7.57. The average Bonchev–Trinajstić information content (AvgIpc) is 2.41. The molecule has 1 fully saturated rings. The predicted molar refractivity (Wildman–Crippen MR) is 68.5 cm³/mol. The second-order valence-electron chi connectivity index (χ2n) is 5.74. The molecule has 2 N–H and O–H groups in total. The second-order valence-corrected chi connectivity index (χ2v) is 5.74. The Kier molecular flexibility index (Phi) is 5.73. The van der Waals surface area contributed by atoms with Crippen LogP contribution >= 0.6 is 0 Å². The van der Waals surface area contributed by atoms with Gasteiger partial charge in [0.05, 0.1) is 6.10 Å². The van der Waals surface area contributed by atoms with Gasteiger partial charge >= 0.3 is 0 Å². The second kappa shape index (κ2) is 6.58. The molecule has 3 heteroatoms. The first kappa shape index (κ1) is 13.9. The van der Waals surface area contributed by atoms with Gasteiger partial charge in [0.1, 0.15) is 0 Å². The van der Waals surface area contributed by atoms with Crippen LogP contribution in [-0.4, -0.2) is 44.3 Å². The molecule has 1 aliphatic heterocycles. The summed E-state index contributed by atoms with van der Waals surface area (Å²) in [6.45, 7) is 9.00. The summed E-state index contributed by atoms with van der Waals surface area (Å²) in [5.41, 5.74) is 6.16. The van der Waals surface area contributed by atoms with Crippen LogP contribution in [0.25, 0.3) is 0 Å². The molecule has 0 bridgehead atoms. The zero-order valence-corrected chi connectivity index (χ0v) is 11.2. The minimum atomic E-state index is 0.233. The minimum absolute atomic E-state index is 0.233. The molecular formula is C13H28N2O. The number of nitrogens with zero attached hydrogens (tertiary/aromatic N) is 1. The van der Waals surface area contributed by atoms with Crippen LogP contribution in [-0.2, 0) is 4.74 Å². The summed E-state index contributed by atoms with van der Waals surface area (Å²) in [5, 5.41) is 0. The van der Waals surface area contributed by atoms with Crippen molar-refractivity contribution in [1.82, 2.24) is 4.90 Å². The molecule has 0 amide bonds. The zero-order chi connectivity index (χ0) is 12.0. The number of hydrogen-bond acceptors (Lipinski definition) is 3. The van der Waals surface area contributed by atoms with Gasteiger partial charge in [0.2, 0.25) is 0 Å². The minimum Gasteiger partial charge on any atom is -0.380 e. The monoisotopic (exact) mass is 228 g/mol. The van der Waals surface area contributed by atoms with E-state index in [2.05, 4.69) is 18.7 Å². The zero-order valence-electron chi connectivity index (χ0n) is 11.2. The number of hydrogen-bond donors (Lipinski definition) is 1. The molecule has 0 aromatic heterocycles. The molecule has 16 heavy (non-hydrogen) atoms. The van der Waals surface area contributed by atoms with E-state index >= 15 is 0 Å². The van der Waals surface area contributed by atoms with Crippen LogP contribution < -0.4 is 5.73 Å². The molecule has 3 nitrogen and oxygen atoms in total. The fourth-order valence-electron chi connectivity index (χ4n) is 2.36. The van der Waals surface area contributed by atoms with Gasteiger partial charge in [-0.3, -0.25) is 0 Å². The molecule has 0 aromatic carbocycles. The third kappa shape index (κ3) is 4.81. The van der Waals surface area contributed by atoms with Crippen LogP contribution in [0.1, 0.15) is 39.5 Å². The Labute approximate surface area is 100 Å². The van der Waals surface area contributed by atoms with Crippen molar-refractivity contribution in [2.45, 2.75) is 45.6 Å². The molecular weight excluding hydrogens is 200 g/mol. The Hall–Kier alpha value is -0.120. The molecule has 0 aromatic rings. The van der Waals surface area contributed by atoms with Crippen LogP contribution in [0.5, 0.6) is 0 Å². The Morgan fingerprint density at radius 1 is 1.31 bits per heavy atom. The van der Waals surface area contributed by atoms with E-state index in [4.69, 9.17) is 10.5 Å². The van der Waals surface area contributed by atoms with Gasteiger partial charge in [-0.1, -0.05) is 13.8 Å². The number of likely N-dealkylation sites (tertiary alicyclic amines) is 1. The van der Waals surface area contributed by atoms with Crippen molar-refractivity contribution in [3.63, 3.8) is 0 Å². The lowest BCUT2D eigenvalue weighted by atomic mass is 9.85. The van der Waals surface area contributed by atoms with Gasteiger partial charge in [0, 0.05) is 20.2 Å². The molecule has 1 aliphatic rings. The molecule has 1 unspecified atom stereocenters. The maximum atomic E-state index is 5.63. The van der Waals surface area contributed by atoms with Gasteiger partial charge in [-0.05, 0) is 44.2 Å². The number of ether oxygens (including phenoxy) is 1. The first-order valence-corrected chi connectivity index (χ1v) is 6.52. The lowest BCUT2D eigenvalue weighted by molar-refractivity contribution is 0.0894. The number of rotatable bonds is 5. The van der Waals surface area contributed by atoms with Crippen molar-refractivity contribution in [3.8, 4) is 0 Å². The van der Waals surface area contributed by atoms with Crippen LogP contribution in [0.4, 0.5) is 0 Å². The maximum Gasteiger partial charge on any atom is 0.0705 e. The van der Waals surface area contributed by atoms with Gasteiger partial charge < -0.3 is 15.4 Å². The summed E-state index contributed by atoms with van der Waals surface area (Å²) >= 11 is 0. The number of methoxy groups -OCH3 is 1. The highest BCUT2D eigenvalue weighted by atomic mass is 16.5. The molecule has 1 atom stereocenters. The van der Waals surface area contributed by atoms with Gasteiger partial charge in [-0.15, -0.1) is 0 Å². The highest BCUT2D eigenvalue weighted by Crippen LogP contribution is 2.29. The molecule has 0 aliphatic carbocycles. The highest BCUT2D eigenvalue weighted by Gasteiger charge is 2.23. The van der Waals surface area contributed by atoms with Crippen molar-refractivity contribution >= 4 is 0 Å². The van der Waals surface area contributed by atoms with Crippen LogP contribution in [0, 0.1) is 5.41 Å². The standard InChI is InChI=1S/C13H28N2O/c1-13(2)6-4-8-15(10-7-13)9-5-12(11-14)16-3/h12H,4-11,14H2,1-3H3. The third-order valence-corrected chi connectivity index (χ3v) is 3.80. The molecule has 1 rings (SSSR count). The summed E-state index contributed by atoms with van der Waals surface area (Å²) < 4.78 is 5.31. The van der Waals surface area contributed by atoms with E-state index < -0.39 is 0 Å². The Morgan fingerprint density at radius 2 is 2.06 bits per heavy atom. The van der Waals surface area contributed by atoms with E-state index in [0.717, 1.165) is 13.0 Å². The summed E-state index contributed by atoms with van der Waals surface area (Å²) in [6, 6.07) is 0. The van der Waals surface area contributed by atoms with Gasteiger partial charge in [0.15, 0.2) is 0 Å². The molecule has 0 saturated carbocycles. The largest absolute Gasteiger partial charge is 0.380 e. The Bertz CT molecular complexity index is 190. The van der Waals surface area contributed by atoms with Crippen molar-refractivity contribution in [3.05, 3.63) is 0 Å². The fourth-order valence-corrected chi connectivity index (χ4v) is 2.36. The molecule has 1 heterocycles. The Morgan fingerprint density at radius 3 is 2.69 bits per heavy atom. The van der Waals surface area contributed by atoms with E-state index in [-0.39, 0.29) is 6.10 Å². The fraction of sp³-hybridized carbons (Fsp3) is 1.00. The molecule has 96 valence electrons. The summed E-state index contributed by atoms with van der Waals surface area (Å²) in [4.78, 5) is 2.57. The van der Waals surface area contributed by atoms with Gasteiger partial charge in [0.25, 0.3) is 0 Å². The summed E-state index contributed by atoms with van der Waals surface area (Å²) in [7, 11) is 1.75. The van der Waals surface area contributed by atoms with Gasteiger partial charge in [-0.2, -0.15) is 0 Å². The van der Waals surface area contributed by atoms with Crippen LogP contribution in [0.15, 0.2) is 0 Å². The van der Waals surface area contributed by atoms with E-state index in [0.29, 0.717) is 12.0 Å². The third-order valence-electron chi connectivity index (χ3n) is 3.80. The average molecular weight is 228 g/mol. The molecule has 1 saturated heterocycles. The molecule has 0 spiro atoms.